The van der Waals surface area contributed by atoms with Crippen LogP contribution in [-0.2, 0) is 0 Å². The molecule has 0 N–H and O–H groups in total. The number of ketones is 1. The summed E-state index contributed by atoms with van der Waals surface area (Å²) in [6.45, 7) is 1.96. The van der Waals surface area contributed by atoms with Crippen molar-refractivity contribution < 1.29 is 4.79 Å². The van der Waals surface area contributed by atoms with E-state index >= 15 is 0 Å². The molecular weight excluding hydrogens is 212 g/mol. The number of carbonyl (C=O) groups is 1. The maximum Gasteiger partial charge on any atom is 0.211 e. The van der Waals surface area contributed by atoms with E-state index in [4.69, 9.17) is 5.26 Å². The maximum absolute atomic E-state index is 12.1. The van der Waals surface area contributed by atoms with Crippen molar-refractivity contribution in [3.63, 3.8) is 0 Å². The molecule has 3 heteroatoms. The Labute approximate surface area is 99.4 Å². The fraction of sp³-hybridized carbons (Fsp3) is 0.0714. The van der Waals surface area contributed by atoms with Crippen LogP contribution in [0.2, 0.25) is 0 Å². The summed E-state index contributed by atoms with van der Waals surface area (Å²) in [7, 11) is 0. The predicted octanol–water partition coefficient (Wildman–Crippen LogP) is 2.49. The van der Waals surface area contributed by atoms with E-state index in [0.29, 0.717) is 16.8 Å². The van der Waals surface area contributed by atoms with Gasteiger partial charge in [-0.05, 0) is 19.1 Å². The van der Waals surface area contributed by atoms with E-state index < -0.39 is 0 Å². The lowest BCUT2D eigenvalue weighted by atomic mass is 10.1. The predicted molar refractivity (Wildman–Crippen MR) is 63.6 cm³/mol. The third-order valence-electron chi connectivity index (χ3n) is 2.44. The highest BCUT2D eigenvalue weighted by atomic mass is 16.1. The first-order chi connectivity index (χ1) is 8.20. The van der Waals surface area contributed by atoms with E-state index in [0.717, 1.165) is 5.56 Å². The minimum absolute atomic E-state index is 0.165. The van der Waals surface area contributed by atoms with Crippen LogP contribution in [0.15, 0.2) is 42.6 Å². The van der Waals surface area contributed by atoms with Crippen molar-refractivity contribution in [3.8, 4) is 6.07 Å². The van der Waals surface area contributed by atoms with Crippen molar-refractivity contribution >= 4 is 5.78 Å². The van der Waals surface area contributed by atoms with Crippen LogP contribution in [-0.4, -0.2) is 10.8 Å². The van der Waals surface area contributed by atoms with Crippen LogP contribution in [0, 0.1) is 18.3 Å². The van der Waals surface area contributed by atoms with Crippen LogP contribution >= 0.6 is 0 Å². The molecule has 0 aliphatic rings. The van der Waals surface area contributed by atoms with Gasteiger partial charge in [0.05, 0.1) is 11.6 Å². The van der Waals surface area contributed by atoms with Gasteiger partial charge in [0.15, 0.2) is 0 Å². The molecule has 2 rings (SSSR count). The normalized spacial score (nSPS) is 9.65. The number of benzene rings is 1. The third kappa shape index (κ3) is 2.37. The second kappa shape index (κ2) is 4.58. The van der Waals surface area contributed by atoms with E-state index in [2.05, 4.69) is 4.98 Å². The highest BCUT2D eigenvalue weighted by molar-refractivity contribution is 6.07. The van der Waals surface area contributed by atoms with E-state index in [1.54, 1.807) is 18.2 Å². The molecule has 1 aromatic heterocycles. The number of pyridine rings is 1. The summed E-state index contributed by atoms with van der Waals surface area (Å²) >= 11 is 0. The molecule has 0 aliphatic heterocycles. The molecule has 0 fully saturated rings. The van der Waals surface area contributed by atoms with Crippen molar-refractivity contribution in [1.29, 1.82) is 5.26 Å². The maximum atomic E-state index is 12.1. The molecule has 1 aromatic carbocycles. The number of hydrogen-bond donors (Lipinski definition) is 0. The van der Waals surface area contributed by atoms with Gasteiger partial charge >= 0.3 is 0 Å². The van der Waals surface area contributed by atoms with Crippen LogP contribution < -0.4 is 0 Å². The molecule has 0 saturated carbocycles. The van der Waals surface area contributed by atoms with Gasteiger partial charge in [0.25, 0.3) is 0 Å². The number of nitriles is 1. The third-order valence-corrected chi connectivity index (χ3v) is 2.44. The summed E-state index contributed by atoms with van der Waals surface area (Å²) in [5.74, 6) is -0.165. The fourth-order valence-corrected chi connectivity index (χ4v) is 1.48. The monoisotopic (exact) mass is 222 g/mol. The molecule has 0 unspecified atom stereocenters. The van der Waals surface area contributed by atoms with Crippen LogP contribution in [0.3, 0.4) is 0 Å². The molecule has 0 radical (unpaired) electrons. The van der Waals surface area contributed by atoms with Gasteiger partial charge in [-0.25, -0.2) is 0 Å². The van der Waals surface area contributed by atoms with Crippen molar-refractivity contribution in [2.45, 2.75) is 6.92 Å². The Kier molecular flexibility index (Phi) is 2.97. The molecule has 0 spiro atoms. The number of nitrogens with zero attached hydrogens (tertiary/aromatic N) is 2. The van der Waals surface area contributed by atoms with Gasteiger partial charge in [-0.2, -0.15) is 5.26 Å². The molecule has 0 amide bonds. The quantitative estimate of drug-likeness (QED) is 0.733. The standard InChI is InChI=1S/C14H10N2O/c1-10-2-4-12(5-3-10)14(17)13-8-11(9-15)6-7-16-13/h2-8H,1H3. The molecule has 3 nitrogen and oxygen atoms in total. The van der Waals surface area contributed by atoms with Crippen LogP contribution in [0.25, 0.3) is 0 Å². The SMILES string of the molecule is Cc1ccc(C(=O)c2cc(C#N)ccn2)cc1. The number of rotatable bonds is 2. The van der Waals surface area contributed by atoms with Gasteiger partial charge in [0.1, 0.15) is 5.69 Å². The number of aryl methyl sites for hydroxylation is 1. The van der Waals surface area contributed by atoms with Gasteiger partial charge in [0.2, 0.25) is 5.78 Å². The number of aromatic nitrogens is 1. The number of carbonyl (C=O) groups excluding carboxylic acids is 1. The van der Waals surface area contributed by atoms with Gasteiger partial charge < -0.3 is 0 Å². The molecule has 0 atom stereocenters. The van der Waals surface area contributed by atoms with Crippen molar-refractivity contribution in [2.24, 2.45) is 0 Å². The molecule has 2 aromatic rings. The van der Waals surface area contributed by atoms with Crippen molar-refractivity contribution in [2.75, 3.05) is 0 Å². The lowest BCUT2D eigenvalue weighted by Gasteiger charge is -2.01. The Morgan fingerprint density at radius 3 is 2.59 bits per heavy atom. The Hall–Kier alpha value is -2.47. The average molecular weight is 222 g/mol. The zero-order valence-corrected chi connectivity index (χ0v) is 9.34. The highest BCUT2D eigenvalue weighted by Crippen LogP contribution is 2.10. The fourth-order valence-electron chi connectivity index (χ4n) is 1.48. The highest BCUT2D eigenvalue weighted by Gasteiger charge is 2.10. The Morgan fingerprint density at radius 1 is 1.24 bits per heavy atom. The summed E-state index contributed by atoms with van der Waals surface area (Å²) in [6, 6.07) is 12.3. The van der Waals surface area contributed by atoms with Gasteiger partial charge in [-0.3, -0.25) is 9.78 Å². The molecule has 82 valence electrons. The van der Waals surface area contributed by atoms with Gasteiger partial charge in [-0.15, -0.1) is 0 Å². The Bertz CT molecular complexity index is 594. The smallest absolute Gasteiger partial charge is 0.211 e. The number of hydrogen-bond acceptors (Lipinski definition) is 3. The molecule has 0 saturated heterocycles. The summed E-state index contributed by atoms with van der Waals surface area (Å²) in [5.41, 5.74) is 2.42. The van der Waals surface area contributed by atoms with E-state index in [1.807, 2.05) is 25.1 Å². The van der Waals surface area contributed by atoms with Crippen molar-refractivity contribution in [3.05, 3.63) is 65.0 Å². The molecular formula is C14H10N2O. The second-order valence-corrected chi connectivity index (χ2v) is 3.74. The second-order valence-electron chi connectivity index (χ2n) is 3.74. The van der Waals surface area contributed by atoms with Crippen LogP contribution in [0.5, 0.6) is 0 Å². The summed E-state index contributed by atoms with van der Waals surface area (Å²) < 4.78 is 0. The van der Waals surface area contributed by atoms with E-state index in [-0.39, 0.29) is 5.78 Å². The Morgan fingerprint density at radius 2 is 1.94 bits per heavy atom. The summed E-state index contributed by atoms with van der Waals surface area (Å²) in [4.78, 5) is 16.0. The zero-order chi connectivity index (χ0) is 12.3. The molecule has 1 heterocycles. The first-order valence-corrected chi connectivity index (χ1v) is 5.18. The topological polar surface area (TPSA) is 53.8 Å². The van der Waals surface area contributed by atoms with E-state index in [9.17, 15) is 4.79 Å². The lowest BCUT2D eigenvalue weighted by Crippen LogP contribution is -2.04. The van der Waals surface area contributed by atoms with Crippen molar-refractivity contribution in [1.82, 2.24) is 4.98 Å². The van der Waals surface area contributed by atoms with Gasteiger partial charge in [0, 0.05) is 11.8 Å². The molecule has 0 aliphatic carbocycles. The van der Waals surface area contributed by atoms with Crippen LogP contribution in [0.1, 0.15) is 27.2 Å². The lowest BCUT2D eigenvalue weighted by molar-refractivity contribution is 0.103. The molecule has 17 heavy (non-hydrogen) atoms. The first kappa shape index (κ1) is 11.0. The summed E-state index contributed by atoms with van der Waals surface area (Å²) in [6.07, 6.45) is 1.47. The van der Waals surface area contributed by atoms with E-state index in [1.165, 1.54) is 12.3 Å². The van der Waals surface area contributed by atoms with Gasteiger partial charge in [-0.1, -0.05) is 29.8 Å². The summed E-state index contributed by atoms with van der Waals surface area (Å²) in [5, 5.41) is 8.76. The average Bonchev–Trinajstić information content (AvgIpc) is 2.39. The zero-order valence-electron chi connectivity index (χ0n) is 9.34. The minimum atomic E-state index is -0.165. The largest absolute Gasteiger partial charge is 0.287 e. The Balaban J connectivity index is 2.37. The first-order valence-electron chi connectivity index (χ1n) is 5.18. The minimum Gasteiger partial charge on any atom is -0.287 e. The molecule has 0 bridgehead atoms. The van der Waals surface area contributed by atoms with Crippen LogP contribution in [0.4, 0.5) is 0 Å².